The van der Waals surface area contributed by atoms with Crippen molar-refractivity contribution in [2.75, 3.05) is 32.8 Å². The standard InChI is InChI=1S/C27H32N4O3/c1-3-33-25-11-10-21(16-26(25)34-4-2)17-28-27(32)20-30-14-12-22(13-15-30)23-18-29-31(19-23)24-8-6-5-7-9-24/h5-12,16,18-19H,3-4,13-15,17,20H2,1-2H3,(H,28,32). The first kappa shape index (κ1) is 23.6. The maximum absolute atomic E-state index is 12.5. The molecule has 0 unspecified atom stereocenters. The fraction of sp³-hybridized carbons (Fsp3) is 0.333. The Morgan fingerprint density at radius 2 is 1.85 bits per heavy atom. The van der Waals surface area contributed by atoms with Gasteiger partial charge < -0.3 is 14.8 Å². The van der Waals surface area contributed by atoms with Gasteiger partial charge in [0.2, 0.25) is 5.91 Å². The van der Waals surface area contributed by atoms with E-state index >= 15 is 0 Å². The van der Waals surface area contributed by atoms with Crippen molar-refractivity contribution in [2.45, 2.75) is 26.8 Å². The number of aromatic nitrogens is 2. The SMILES string of the molecule is CCOc1ccc(CNC(=O)CN2CC=C(c3cnn(-c4ccccc4)c3)CC2)cc1OCC. The van der Waals surface area contributed by atoms with Crippen molar-refractivity contribution in [3.8, 4) is 17.2 Å². The Morgan fingerprint density at radius 1 is 1.06 bits per heavy atom. The van der Waals surface area contributed by atoms with Crippen molar-refractivity contribution < 1.29 is 14.3 Å². The summed E-state index contributed by atoms with van der Waals surface area (Å²) >= 11 is 0. The first-order valence-corrected chi connectivity index (χ1v) is 11.8. The van der Waals surface area contributed by atoms with Crippen molar-refractivity contribution in [3.05, 3.63) is 78.1 Å². The summed E-state index contributed by atoms with van der Waals surface area (Å²) in [6.07, 6.45) is 7.07. The largest absolute Gasteiger partial charge is 0.490 e. The van der Waals surface area contributed by atoms with E-state index in [0.717, 1.165) is 42.1 Å². The molecule has 0 saturated heterocycles. The molecule has 1 amide bonds. The molecule has 1 aliphatic heterocycles. The normalized spacial score (nSPS) is 13.9. The van der Waals surface area contributed by atoms with E-state index in [9.17, 15) is 4.79 Å². The second kappa shape index (κ2) is 11.5. The smallest absolute Gasteiger partial charge is 0.234 e. The summed E-state index contributed by atoms with van der Waals surface area (Å²) in [7, 11) is 0. The second-order valence-corrected chi connectivity index (χ2v) is 8.15. The minimum atomic E-state index is 0.0144. The average Bonchev–Trinajstić information content (AvgIpc) is 3.36. The highest BCUT2D eigenvalue weighted by atomic mass is 16.5. The lowest BCUT2D eigenvalue weighted by atomic mass is 10.0. The highest BCUT2D eigenvalue weighted by Crippen LogP contribution is 2.28. The van der Waals surface area contributed by atoms with E-state index in [4.69, 9.17) is 9.47 Å². The number of hydrogen-bond donors (Lipinski definition) is 1. The summed E-state index contributed by atoms with van der Waals surface area (Å²) < 4.78 is 13.2. The molecular formula is C27H32N4O3. The van der Waals surface area contributed by atoms with Crippen LogP contribution in [0.15, 0.2) is 67.0 Å². The minimum Gasteiger partial charge on any atom is -0.490 e. The molecule has 0 fully saturated rings. The fourth-order valence-electron chi connectivity index (χ4n) is 3.99. The molecule has 0 bridgehead atoms. The third kappa shape index (κ3) is 6.05. The van der Waals surface area contributed by atoms with Gasteiger partial charge in [-0.25, -0.2) is 4.68 Å². The summed E-state index contributed by atoms with van der Waals surface area (Å²) in [5, 5.41) is 7.52. The molecule has 7 heteroatoms. The lowest BCUT2D eigenvalue weighted by molar-refractivity contribution is -0.122. The van der Waals surface area contributed by atoms with E-state index in [1.165, 1.54) is 5.57 Å². The van der Waals surface area contributed by atoms with Crippen LogP contribution in [0.4, 0.5) is 0 Å². The molecular weight excluding hydrogens is 428 g/mol. The molecule has 1 aromatic heterocycles. The fourth-order valence-corrected chi connectivity index (χ4v) is 3.99. The van der Waals surface area contributed by atoms with Gasteiger partial charge in [0, 0.05) is 31.4 Å². The Balaban J connectivity index is 1.28. The molecule has 34 heavy (non-hydrogen) atoms. The Labute approximate surface area is 201 Å². The number of para-hydroxylation sites is 1. The van der Waals surface area contributed by atoms with Crippen LogP contribution in [-0.2, 0) is 11.3 Å². The molecule has 0 radical (unpaired) electrons. The molecule has 0 atom stereocenters. The number of benzene rings is 2. The lowest BCUT2D eigenvalue weighted by Crippen LogP contribution is -2.39. The van der Waals surface area contributed by atoms with Crippen molar-refractivity contribution in [1.82, 2.24) is 20.0 Å². The highest BCUT2D eigenvalue weighted by molar-refractivity contribution is 5.78. The van der Waals surface area contributed by atoms with E-state index in [0.29, 0.717) is 32.1 Å². The summed E-state index contributed by atoms with van der Waals surface area (Å²) in [5.74, 6) is 1.45. The zero-order valence-corrected chi connectivity index (χ0v) is 19.9. The Morgan fingerprint density at radius 3 is 2.59 bits per heavy atom. The number of carbonyl (C=O) groups is 1. The van der Waals surface area contributed by atoms with Gasteiger partial charge in [-0.3, -0.25) is 9.69 Å². The van der Waals surface area contributed by atoms with Gasteiger partial charge in [0.05, 0.1) is 31.6 Å². The van der Waals surface area contributed by atoms with E-state index in [2.05, 4.69) is 27.6 Å². The van der Waals surface area contributed by atoms with Gasteiger partial charge in [-0.05, 0) is 55.7 Å². The average molecular weight is 461 g/mol. The van der Waals surface area contributed by atoms with Gasteiger partial charge in [0.25, 0.3) is 0 Å². The molecule has 7 nitrogen and oxygen atoms in total. The van der Waals surface area contributed by atoms with Gasteiger partial charge in [-0.1, -0.05) is 30.3 Å². The van der Waals surface area contributed by atoms with Crippen molar-refractivity contribution in [2.24, 2.45) is 0 Å². The summed E-state index contributed by atoms with van der Waals surface area (Å²) in [5.41, 5.74) is 4.44. The third-order valence-corrected chi connectivity index (χ3v) is 5.73. The maximum atomic E-state index is 12.5. The van der Waals surface area contributed by atoms with Crippen LogP contribution >= 0.6 is 0 Å². The summed E-state index contributed by atoms with van der Waals surface area (Å²) in [6.45, 7) is 7.45. The Bertz CT molecular complexity index is 1120. The van der Waals surface area contributed by atoms with Crippen LogP contribution in [-0.4, -0.2) is 53.4 Å². The molecule has 3 aromatic rings. The van der Waals surface area contributed by atoms with E-state index in [1.54, 1.807) is 0 Å². The van der Waals surface area contributed by atoms with Gasteiger partial charge in [0.15, 0.2) is 11.5 Å². The van der Waals surface area contributed by atoms with Crippen LogP contribution in [0, 0.1) is 0 Å². The molecule has 178 valence electrons. The predicted octanol–water partition coefficient (Wildman–Crippen LogP) is 4.08. The highest BCUT2D eigenvalue weighted by Gasteiger charge is 2.17. The quantitative estimate of drug-likeness (QED) is 0.494. The van der Waals surface area contributed by atoms with Crippen LogP contribution in [0.3, 0.4) is 0 Å². The minimum absolute atomic E-state index is 0.0144. The molecule has 1 aliphatic rings. The van der Waals surface area contributed by atoms with Crippen LogP contribution in [0.1, 0.15) is 31.4 Å². The van der Waals surface area contributed by atoms with Crippen molar-refractivity contribution >= 4 is 11.5 Å². The zero-order chi connectivity index (χ0) is 23.8. The number of hydrogen-bond acceptors (Lipinski definition) is 5. The molecule has 1 N–H and O–H groups in total. The number of amides is 1. The number of rotatable bonds is 10. The van der Waals surface area contributed by atoms with Crippen LogP contribution in [0.5, 0.6) is 11.5 Å². The van der Waals surface area contributed by atoms with Crippen LogP contribution in [0.25, 0.3) is 11.3 Å². The summed E-state index contributed by atoms with van der Waals surface area (Å²) in [6, 6.07) is 15.9. The van der Waals surface area contributed by atoms with Gasteiger partial charge in [0.1, 0.15) is 0 Å². The van der Waals surface area contributed by atoms with Gasteiger partial charge >= 0.3 is 0 Å². The molecule has 4 rings (SSSR count). The molecule has 0 aliphatic carbocycles. The van der Waals surface area contributed by atoms with Gasteiger partial charge in [-0.2, -0.15) is 5.10 Å². The van der Waals surface area contributed by atoms with Gasteiger partial charge in [-0.15, -0.1) is 0 Å². The van der Waals surface area contributed by atoms with Crippen molar-refractivity contribution in [3.63, 3.8) is 0 Å². The van der Waals surface area contributed by atoms with E-state index in [1.807, 2.05) is 73.3 Å². The number of nitrogens with zero attached hydrogens (tertiary/aromatic N) is 3. The van der Waals surface area contributed by atoms with Crippen LogP contribution < -0.4 is 14.8 Å². The predicted molar refractivity (Wildman–Crippen MR) is 133 cm³/mol. The lowest BCUT2D eigenvalue weighted by Gasteiger charge is -2.25. The van der Waals surface area contributed by atoms with E-state index in [-0.39, 0.29) is 5.91 Å². The third-order valence-electron chi connectivity index (χ3n) is 5.73. The molecule has 0 saturated carbocycles. The number of ether oxygens (including phenoxy) is 2. The van der Waals surface area contributed by atoms with Crippen LogP contribution in [0.2, 0.25) is 0 Å². The zero-order valence-electron chi connectivity index (χ0n) is 19.9. The summed E-state index contributed by atoms with van der Waals surface area (Å²) in [4.78, 5) is 14.7. The van der Waals surface area contributed by atoms with E-state index < -0.39 is 0 Å². The number of nitrogens with one attached hydrogen (secondary N) is 1. The first-order chi connectivity index (χ1) is 16.7. The number of carbonyl (C=O) groups excluding carboxylic acids is 1. The monoisotopic (exact) mass is 460 g/mol. The molecule has 0 spiro atoms. The topological polar surface area (TPSA) is 68.6 Å². The first-order valence-electron chi connectivity index (χ1n) is 11.8. The Kier molecular flexibility index (Phi) is 7.99. The maximum Gasteiger partial charge on any atom is 0.234 e. The van der Waals surface area contributed by atoms with Crippen molar-refractivity contribution in [1.29, 1.82) is 0 Å². The second-order valence-electron chi connectivity index (χ2n) is 8.15. The molecule has 2 heterocycles. The molecule has 2 aromatic carbocycles. The Hall–Kier alpha value is -3.58.